The van der Waals surface area contributed by atoms with Crippen LogP contribution in [0.1, 0.15) is 27.7 Å². The van der Waals surface area contributed by atoms with Crippen molar-refractivity contribution in [2.75, 3.05) is 12.4 Å². The third-order valence-corrected chi connectivity index (χ3v) is 5.00. The number of hydrogen-bond acceptors (Lipinski definition) is 2. The molecule has 1 aliphatic rings. The van der Waals surface area contributed by atoms with Crippen molar-refractivity contribution in [1.29, 1.82) is 0 Å². The number of ether oxygens (including phenoxy) is 1. The van der Waals surface area contributed by atoms with Crippen LogP contribution in [0.2, 0.25) is 5.02 Å². The van der Waals surface area contributed by atoms with Gasteiger partial charge in [-0.3, -0.25) is 4.79 Å². The summed E-state index contributed by atoms with van der Waals surface area (Å²) in [4.78, 5) is 12.3. The second kappa shape index (κ2) is 4.41. The van der Waals surface area contributed by atoms with Gasteiger partial charge in [0, 0.05) is 11.6 Å². The highest BCUT2D eigenvalue weighted by molar-refractivity contribution is 6.32. The molecule has 1 saturated carbocycles. The van der Waals surface area contributed by atoms with Crippen molar-refractivity contribution >= 4 is 23.2 Å². The van der Waals surface area contributed by atoms with Crippen molar-refractivity contribution in [3.8, 4) is 5.75 Å². The highest BCUT2D eigenvalue weighted by atomic mass is 35.5. The van der Waals surface area contributed by atoms with E-state index in [9.17, 15) is 4.79 Å². The van der Waals surface area contributed by atoms with Gasteiger partial charge in [-0.1, -0.05) is 39.3 Å². The predicted octanol–water partition coefficient (Wildman–Crippen LogP) is 3.97. The minimum atomic E-state index is 0.0286. The Kier molecular flexibility index (Phi) is 3.29. The SMILES string of the molecule is COc1ccc(NC(=O)C2C(C)(C)C2(C)C)cc1Cl. The lowest BCUT2D eigenvalue weighted by atomic mass is 10.0. The zero-order valence-electron chi connectivity index (χ0n) is 12.0. The normalized spacial score (nSPS) is 19.9. The zero-order chi connectivity index (χ0) is 14.4. The molecule has 0 unspecified atom stereocenters. The molecule has 0 aliphatic heterocycles. The van der Waals surface area contributed by atoms with E-state index in [-0.39, 0.29) is 22.7 Å². The van der Waals surface area contributed by atoms with Crippen molar-refractivity contribution in [2.45, 2.75) is 27.7 Å². The summed E-state index contributed by atoms with van der Waals surface area (Å²) < 4.78 is 5.09. The van der Waals surface area contributed by atoms with Crippen LogP contribution in [0, 0.1) is 16.7 Å². The summed E-state index contributed by atoms with van der Waals surface area (Å²) in [5.41, 5.74) is 0.773. The summed E-state index contributed by atoms with van der Waals surface area (Å²) in [5.74, 6) is 0.684. The smallest absolute Gasteiger partial charge is 0.228 e. The topological polar surface area (TPSA) is 38.3 Å². The average Bonchev–Trinajstić information content (AvgIpc) is 2.69. The van der Waals surface area contributed by atoms with Gasteiger partial charge in [0.1, 0.15) is 5.75 Å². The van der Waals surface area contributed by atoms with Crippen LogP contribution in [0.5, 0.6) is 5.75 Å². The number of anilines is 1. The number of methoxy groups -OCH3 is 1. The highest BCUT2D eigenvalue weighted by Crippen LogP contribution is 2.68. The number of carbonyl (C=O) groups is 1. The minimum absolute atomic E-state index is 0.0286. The zero-order valence-corrected chi connectivity index (χ0v) is 12.8. The molecule has 4 heteroatoms. The molecule has 0 spiro atoms. The molecule has 0 atom stereocenters. The molecule has 104 valence electrons. The van der Waals surface area contributed by atoms with E-state index in [1.807, 2.05) is 0 Å². The van der Waals surface area contributed by atoms with Gasteiger partial charge in [-0.25, -0.2) is 0 Å². The van der Waals surface area contributed by atoms with E-state index in [1.54, 1.807) is 25.3 Å². The minimum Gasteiger partial charge on any atom is -0.495 e. The Morgan fingerprint density at radius 2 is 1.84 bits per heavy atom. The van der Waals surface area contributed by atoms with Gasteiger partial charge in [-0.2, -0.15) is 0 Å². The van der Waals surface area contributed by atoms with Crippen LogP contribution in [0.3, 0.4) is 0 Å². The first-order valence-electron chi connectivity index (χ1n) is 6.36. The lowest BCUT2D eigenvalue weighted by molar-refractivity contribution is -0.118. The molecular weight excluding hydrogens is 262 g/mol. The molecule has 1 aromatic rings. The molecule has 1 aliphatic carbocycles. The van der Waals surface area contributed by atoms with E-state index in [0.717, 1.165) is 0 Å². The van der Waals surface area contributed by atoms with Crippen LogP contribution in [-0.2, 0) is 4.79 Å². The fourth-order valence-electron chi connectivity index (χ4n) is 2.81. The van der Waals surface area contributed by atoms with Crippen LogP contribution in [0.4, 0.5) is 5.69 Å². The maximum atomic E-state index is 12.3. The molecule has 0 radical (unpaired) electrons. The molecule has 3 nitrogen and oxygen atoms in total. The highest BCUT2D eigenvalue weighted by Gasteiger charge is 2.68. The number of carbonyl (C=O) groups excluding carboxylic acids is 1. The van der Waals surface area contributed by atoms with Crippen molar-refractivity contribution in [3.05, 3.63) is 23.2 Å². The fraction of sp³-hybridized carbons (Fsp3) is 0.533. The van der Waals surface area contributed by atoms with Gasteiger partial charge in [-0.05, 0) is 29.0 Å². The molecule has 0 heterocycles. The lowest BCUT2D eigenvalue weighted by Crippen LogP contribution is -2.17. The Hall–Kier alpha value is -1.22. The first-order chi connectivity index (χ1) is 8.71. The first-order valence-corrected chi connectivity index (χ1v) is 6.74. The van der Waals surface area contributed by atoms with Gasteiger partial charge in [0.15, 0.2) is 0 Å². The van der Waals surface area contributed by atoms with Gasteiger partial charge < -0.3 is 10.1 Å². The summed E-state index contributed by atoms with van der Waals surface area (Å²) in [6.45, 7) is 8.49. The van der Waals surface area contributed by atoms with Crippen LogP contribution in [-0.4, -0.2) is 13.0 Å². The predicted molar refractivity (Wildman–Crippen MR) is 77.7 cm³/mol. The Morgan fingerprint density at radius 3 is 2.26 bits per heavy atom. The number of halogens is 1. The molecule has 1 fully saturated rings. The molecule has 0 saturated heterocycles. The molecule has 0 aromatic heterocycles. The first kappa shape index (κ1) is 14.2. The summed E-state index contributed by atoms with van der Waals surface area (Å²) in [5, 5.41) is 3.42. The Balaban J connectivity index is 2.11. The van der Waals surface area contributed by atoms with E-state index in [0.29, 0.717) is 16.5 Å². The lowest BCUT2D eigenvalue weighted by Gasteiger charge is -2.09. The third-order valence-electron chi connectivity index (χ3n) is 4.70. The summed E-state index contributed by atoms with van der Waals surface area (Å²) >= 11 is 6.04. The van der Waals surface area contributed by atoms with Gasteiger partial charge in [0.25, 0.3) is 0 Å². The van der Waals surface area contributed by atoms with E-state index in [4.69, 9.17) is 16.3 Å². The summed E-state index contributed by atoms with van der Waals surface area (Å²) in [6, 6.07) is 5.26. The molecule has 19 heavy (non-hydrogen) atoms. The molecule has 1 N–H and O–H groups in total. The molecule has 2 rings (SSSR count). The number of nitrogens with one attached hydrogen (secondary N) is 1. The number of amides is 1. The standard InChI is InChI=1S/C15H20ClNO2/c1-14(2)12(15(14,3)4)13(18)17-9-6-7-11(19-5)10(16)8-9/h6-8,12H,1-5H3,(H,17,18). The number of rotatable bonds is 3. The van der Waals surface area contributed by atoms with Crippen LogP contribution in [0.15, 0.2) is 18.2 Å². The van der Waals surface area contributed by atoms with Crippen LogP contribution >= 0.6 is 11.6 Å². The van der Waals surface area contributed by atoms with Crippen molar-refractivity contribution < 1.29 is 9.53 Å². The third kappa shape index (κ3) is 2.20. The monoisotopic (exact) mass is 281 g/mol. The van der Waals surface area contributed by atoms with E-state index in [1.165, 1.54) is 0 Å². The van der Waals surface area contributed by atoms with Crippen molar-refractivity contribution in [3.63, 3.8) is 0 Å². The summed E-state index contributed by atoms with van der Waals surface area (Å²) in [7, 11) is 1.56. The second-order valence-electron chi connectivity index (χ2n) is 6.21. The van der Waals surface area contributed by atoms with Crippen LogP contribution in [0.25, 0.3) is 0 Å². The maximum Gasteiger partial charge on any atom is 0.228 e. The van der Waals surface area contributed by atoms with E-state index in [2.05, 4.69) is 33.0 Å². The summed E-state index contributed by atoms with van der Waals surface area (Å²) in [6.07, 6.45) is 0. The average molecular weight is 282 g/mol. The van der Waals surface area contributed by atoms with Crippen molar-refractivity contribution in [1.82, 2.24) is 0 Å². The maximum absolute atomic E-state index is 12.3. The molecule has 1 amide bonds. The van der Waals surface area contributed by atoms with Gasteiger partial charge >= 0.3 is 0 Å². The van der Waals surface area contributed by atoms with Crippen molar-refractivity contribution in [2.24, 2.45) is 16.7 Å². The quantitative estimate of drug-likeness (QED) is 0.910. The number of benzene rings is 1. The van der Waals surface area contributed by atoms with Gasteiger partial charge in [-0.15, -0.1) is 0 Å². The molecular formula is C15H20ClNO2. The fourth-order valence-corrected chi connectivity index (χ4v) is 3.07. The second-order valence-corrected chi connectivity index (χ2v) is 6.62. The molecule has 0 bridgehead atoms. The Morgan fingerprint density at radius 1 is 1.26 bits per heavy atom. The molecule has 1 aromatic carbocycles. The van der Waals surface area contributed by atoms with Gasteiger partial charge in [0.2, 0.25) is 5.91 Å². The Labute approximate surface area is 119 Å². The van der Waals surface area contributed by atoms with Crippen LogP contribution < -0.4 is 10.1 Å². The van der Waals surface area contributed by atoms with E-state index < -0.39 is 0 Å². The van der Waals surface area contributed by atoms with E-state index >= 15 is 0 Å². The largest absolute Gasteiger partial charge is 0.495 e. The van der Waals surface area contributed by atoms with Gasteiger partial charge in [0.05, 0.1) is 12.1 Å². The number of hydrogen-bond donors (Lipinski definition) is 1. The Bertz CT molecular complexity index is 509.